The fourth-order valence-electron chi connectivity index (χ4n) is 4.36. The van der Waals surface area contributed by atoms with Gasteiger partial charge in [0.2, 0.25) is 0 Å². The molecule has 1 fully saturated rings. The van der Waals surface area contributed by atoms with Crippen LogP contribution < -0.4 is 0 Å². The number of carbonyl (C=O) groups excluding carboxylic acids is 2. The molecule has 3 aromatic rings. The van der Waals surface area contributed by atoms with E-state index in [9.17, 15) is 14.7 Å². The lowest BCUT2D eigenvalue weighted by atomic mass is 9.65. The third-order valence-electron chi connectivity index (χ3n) is 5.54. The lowest BCUT2D eigenvalue weighted by Gasteiger charge is -2.36. The average molecular weight is 361 g/mol. The minimum absolute atomic E-state index is 0.000365. The van der Waals surface area contributed by atoms with Crippen molar-refractivity contribution in [3.8, 4) is 5.75 Å². The molecule has 0 saturated heterocycles. The normalized spacial score (nSPS) is 18.7. The van der Waals surface area contributed by atoms with Crippen LogP contribution in [0, 0.1) is 11.3 Å². The van der Waals surface area contributed by atoms with Crippen LogP contribution >= 0.6 is 0 Å². The molecule has 2 N–H and O–H groups in total. The van der Waals surface area contributed by atoms with Crippen LogP contribution in [0.25, 0.3) is 10.9 Å². The molecule has 1 aromatic heterocycles. The Bertz CT molecular complexity index is 994. The summed E-state index contributed by atoms with van der Waals surface area (Å²) in [5, 5.41) is 10.7. The zero-order chi connectivity index (χ0) is 19.2. The van der Waals surface area contributed by atoms with Crippen molar-refractivity contribution < 1.29 is 14.7 Å². The van der Waals surface area contributed by atoms with Crippen LogP contribution in [0.4, 0.5) is 0 Å². The summed E-state index contributed by atoms with van der Waals surface area (Å²) in [6.45, 7) is 3.94. The molecule has 4 nitrogen and oxygen atoms in total. The molecule has 27 heavy (non-hydrogen) atoms. The first-order valence-corrected chi connectivity index (χ1v) is 9.26. The summed E-state index contributed by atoms with van der Waals surface area (Å²) >= 11 is 0. The second kappa shape index (κ2) is 6.38. The van der Waals surface area contributed by atoms with Gasteiger partial charge in [-0.3, -0.25) is 9.59 Å². The van der Waals surface area contributed by atoms with Gasteiger partial charge < -0.3 is 10.1 Å². The molecule has 1 aliphatic rings. The highest BCUT2D eigenvalue weighted by atomic mass is 16.3. The van der Waals surface area contributed by atoms with Crippen molar-refractivity contribution in [2.24, 2.45) is 11.3 Å². The fourth-order valence-corrected chi connectivity index (χ4v) is 4.36. The topological polar surface area (TPSA) is 70.2 Å². The van der Waals surface area contributed by atoms with E-state index < -0.39 is 5.92 Å². The molecule has 1 aliphatic carbocycles. The highest BCUT2D eigenvalue weighted by Gasteiger charge is 2.44. The van der Waals surface area contributed by atoms with Gasteiger partial charge in [0, 0.05) is 35.9 Å². The first-order valence-electron chi connectivity index (χ1n) is 9.26. The number of hydrogen-bond acceptors (Lipinski definition) is 3. The minimum atomic E-state index is -0.693. The van der Waals surface area contributed by atoms with Crippen molar-refractivity contribution in [1.29, 1.82) is 0 Å². The van der Waals surface area contributed by atoms with Crippen molar-refractivity contribution in [3.05, 3.63) is 65.9 Å². The Hall–Kier alpha value is -2.88. The molecular weight excluding hydrogens is 338 g/mol. The lowest BCUT2D eigenvalue weighted by Crippen LogP contribution is -2.41. The van der Waals surface area contributed by atoms with Gasteiger partial charge in [-0.05, 0) is 34.7 Å². The molecule has 4 heteroatoms. The van der Waals surface area contributed by atoms with Gasteiger partial charge in [0.1, 0.15) is 17.3 Å². The first kappa shape index (κ1) is 17.5. The van der Waals surface area contributed by atoms with Crippen molar-refractivity contribution >= 4 is 22.5 Å². The number of rotatable bonds is 3. The van der Waals surface area contributed by atoms with E-state index in [0.29, 0.717) is 12.8 Å². The summed E-state index contributed by atoms with van der Waals surface area (Å²) in [4.78, 5) is 29.4. The number of hydrogen-bond donors (Lipinski definition) is 2. The number of fused-ring (bicyclic) bond motifs is 1. The number of carbonyl (C=O) groups is 2. The highest BCUT2D eigenvalue weighted by molar-refractivity contribution is 6.07. The Morgan fingerprint density at radius 1 is 1.00 bits per heavy atom. The number of aromatic hydroxyl groups is 1. The second-order valence-corrected chi connectivity index (χ2v) is 8.29. The number of Topliss-reactive ketones (excluding diaryl/α,β-unsaturated/α-hetero) is 2. The Labute approximate surface area is 158 Å². The summed E-state index contributed by atoms with van der Waals surface area (Å²) in [5.41, 5.74) is 2.50. The maximum Gasteiger partial charge on any atom is 0.144 e. The van der Waals surface area contributed by atoms with E-state index in [2.05, 4.69) is 4.98 Å². The zero-order valence-electron chi connectivity index (χ0n) is 15.5. The molecule has 1 unspecified atom stereocenters. The number of aromatic nitrogens is 1. The van der Waals surface area contributed by atoms with Gasteiger partial charge in [-0.2, -0.15) is 0 Å². The van der Waals surface area contributed by atoms with Gasteiger partial charge in [-0.1, -0.05) is 44.2 Å². The number of para-hydroxylation sites is 1. The molecule has 1 saturated carbocycles. The van der Waals surface area contributed by atoms with Crippen LogP contribution in [-0.4, -0.2) is 21.7 Å². The number of phenols is 1. The number of nitrogens with one attached hydrogen (secondary N) is 1. The monoisotopic (exact) mass is 361 g/mol. The smallest absolute Gasteiger partial charge is 0.144 e. The summed E-state index contributed by atoms with van der Waals surface area (Å²) < 4.78 is 0. The Kier molecular flexibility index (Phi) is 4.14. The number of H-pyrrole nitrogens is 1. The van der Waals surface area contributed by atoms with Gasteiger partial charge in [-0.15, -0.1) is 0 Å². The summed E-state index contributed by atoms with van der Waals surface area (Å²) in [7, 11) is 0. The van der Waals surface area contributed by atoms with E-state index in [1.807, 2.05) is 56.4 Å². The predicted octanol–water partition coefficient (Wildman–Crippen LogP) is 4.58. The largest absolute Gasteiger partial charge is 0.508 e. The molecule has 1 atom stereocenters. The standard InChI is InChI=1S/C23H23NO3/c1-23(2)11-19(26)22(20(27)12-23)21(14-7-9-15(25)10-8-14)17-13-24-18-6-4-3-5-16(17)18/h3-10,13,21-22,24-25H,11-12H2,1-2H3. The molecule has 0 aliphatic heterocycles. The second-order valence-electron chi connectivity index (χ2n) is 8.29. The SMILES string of the molecule is CC1(C)CC(=O)C(C(c2ccc(O)cc2)c2c[nH]c3ccccc23)C(=O)C1. The van der Waals surface area contributed by atoms with E-state index >= 15 is 0 Å². The number of benzene rings is 2. The van der Waals surface area contributed by atoms with Crippen molar-refractivity contribution in [3.63, 3.8) is 0 Å². The zero-order valence-corrected chi connectivity index (χ0v) is 15.5. The van der Waals surface area contributed by atoms with Crippen molar-refractivity contribution in [2.75, 3.05) is 0 Å². The predicted molar refractivity (Wildman–Crippen MR) is 105 cm³/mol. The Morgan fingerprint density at radius 2 is 1.63 bits per heavy atom. The summed E-state index contributed by atoms with van der Waals surface area (Å²) in [6, 6.07) is 14.7. The molecule has 0 bridgehead atoms. The van der Waals surface area contributed by atoms with Crippen LogP contribution in [0.3, 0.4) is 0 Å². The van der Waals surface area contributed by atoms with Crippen LogP contribution in [0.2, 0.25) is 0 Å². The van der Waals surface area contributed by atoms with Gasteiger partial charge in [0.15, 0.2) is 0 Å². The molecule has 0 spiro atoms. The fraction of sp³-hybridized carbons (Fsp3) is 0.304. The van der Waals surface area contributed by atoms with Gasteiger partial charge in [-0.25, -0.2) is 0 Å². The number of aromatic amines is 1. The van der Waals surface area contributed by atoms with Gasteiger partial charge in [0.05, 0.1) is 5.92 Å². The molecule has 0 amide bonds. The third-order valence-corrected chi connectivity index (χ3v) is 5.54. The average Bonchev–Trinajstić information content (AvgIpc) is 3.02. The lowest BCUT2D eigenvalue weighted by molar-refractivity contribution is -0.140. The van der Waals surface area contributed by atoms with E-state index in [1.54, 1.807) is 12.1 Å². The quantitative estimate of drug-likeness (QED) is 0.671. The van der Waals surface area contributed by atoms with Crippen molar-refractivity contribution in [1.82, 2.24) is 4.98 Å². The van der Waals surface area contributed by atoms with Crippen LogP contribution in [0.15, 0.2) is 54.7 Å². The van der Waals surface area contributed by atoms with E-state index in [-0.39, 0.29) is 28.6 Å². The van der Waals surface area contributed by atoms with Crippen LogP contribution in [0.1, 0.15) is 43.7 Å². The van der Waals surface area contributed by atoms with Crippen LogP contribution in [-0.2, 0) is 9.59 Å². The molecular formula is C23H23NO3. The highest BCUT2D eigenvalue weighted by Crippen LogP contribution is 2.44. The third kappa shape index (κ3) is 3.16. The Morgan fingerprint density at radius 3 is 2.30 bits per heavy atom. The maximum absolute atomic E-state index is 13.1. The van der Waals surface area contributed by atoms with Gasteiger partial charge >= 0.3 is 0 Å². The number of ketones is 2. The molecule has 2 aromatic carbocycles. The summed E-state index contributed by atoms with van der Waals surface area (Å²) in [6.07, 6.45) is 2.71. The molecule has 1 heterocycles. The van der Waals surface area contributed by atoms with Gasteiger partial charge in [0.25, 0.3) is 0 Å². The van der Waals surface area contributed by atoms with Crippen LogP contribution in [0.5, 0.6) is 5.75 Å². The maximum atomic E-state index is 13.1. The first-order chi connectivity index (χ1) is 12.9. The van der Waals surface area contributed by atoms with Crippen molar-refractivity contribution in [2.45, 2.75) is 32.6 Å². The van der Waals surface area contributed by atoms with E-state index in [4.69, 9.17) is 0 Å². The molecule has 0 radical (unpaired) electrons. The number of phenolic OH excluding ortho intramolecular Hbond substituents is 1. The Balaban J connectivity index is 1.88. The van der Waals surface area contributed by atoms with E-state index in [1.165, 1.54) is 0 Å². The minimum Gasteiger partial charge on any atom is -0.508 e. The summed E-state index contributed by atoms with van der Waals surface area (Å²) in [5.74, 6) is -0.891. The molecule has 138 valence electrons. The van der Waals surface area contributed by atoms with E-state index in [0.717, 1.165) is 22.0 Å². The molecule has 4 rings (SSSR count).